The van der Waals surface area contributed by atoms with Crippen LogP contribution >= 0.6 is 0 Å². The van der Waals surface area contributed by atoms with Crippen molar-refractivity contribution in [2.75, 3.05) is 6.54 Å². The summed E-state index contributed by atoms with van der Waals surface area (Å²) in [5.41, 5.74) is 1.45. The molecule has 2 aromatic rings. The fourth-order valence-corrected chi connectivity index (χ4v) is 1.90. The van der Waals surface area contributed by atoms with Crippen LogP contribution in [0.2, 0.25) is 0 Å². The summed E-state index contributed by atoms with van der Waals surface area (Å²) in [5.74, 6) is -0.598. The highest BCUT2D eigenvalue weighted by atomic mass is 19.1. The summed E-state index contributed by atoms with van der Waals surface area (Å²) in [6.07, 6.45) is 3.54. The molecule has 4 nitrogen and oxygen atoms in total. The summed E-state index contributed by atoms with van der Waals surface area (Å²) >= 11 is 0. The van der Waals surface area contributed by atoms with Crippen LogP contribution in [-0.2, 0) is 11.3 Å². The van der Waals surface area contributed by atoms with E-state index in [1.54, 1.807) is 12.2 Å². The predicted molar refractivity (Wildman–Crippen MR) is 86.3 cm³/mol. The van der Waals surface area contributed by atoms with Crippen LogP contribution in [0.4, 0.5) is 9.18 Å². The Hall–Kier alpha value is -2.82. The maximum absolute atomic E-state index is 12.8. The number of rotatable bonds is 6. The van der Waals surface area contributed by atoms with Gasteiger partial charge in [-0.15, -0.1) is 0 Å². The minimum atomic E-state index is -0.484. The van der Waals surface area contributed by atoms with Crippen molar-refractivity contribution in [3.8, 4) is 5.75 Å². The lowest BCUT2D eigenvalue weighted by Crippen LogP contribution is -2.24. The highest BCUT2D eigenvalue weighted by Gasteiger charge is 2.01. The molecule has 0 radical (unpaired) electrons. The lowest BCUT2D eigenvalue weighted by molar-refractivity contribution is 0.140. The van der Waals surface area contributed by atoms with Crippen molar-refractivity contribution >= 4 is 12.2 Å². The van der Waals surface area contributed by atoms with Crippen molar-refractivity contribution in [2.45, 2.75) is 13.0 Å². The number of hydrogen-bond donors (Lipinski definition) is 2. The maximum atomic E-state index is 12.8. The zero-order valence-corrected chi connectivity index (χ0v) is 12.5. The highest BCUT2D eigenvalue weighted by Crippen LogP contribution is 2.19. The van der Waals surface area contributed by atoms with Gasteiger partial charge in [0.15, 0.2) is 0 Å². The van der Waals surface area contributed by atoms with Gasteiger partial charge in [-0.3, -0.25) is 0 Å². The topological polar surface area (TPSA) is 58.6 Å². The summed E-state index contributed by atoms with van der Waals surface area (Å²) in [4.78, 5) is 11.5. The van der Waals surface area contributed by atoms with Gasteiger partial charge in [-0.2, -0.15) is 0 Å². The van der Waals surface area contributed by atoms with Crippen LogP contribution in [0.5, 0.6) is 5.75 Å². The van der Waals surface area contributed by atoms with Crippen LogP contribution in [0.15, 0.2) is 54.6 Å². The number of carbonyl (C=O) groups is 1. The molecule has 2 N–H and O–H groups in total. The van der Waals surface area contributed by atoms with Crippen molar-refractivity contribution in [2.24, 2.45) is 0 Å². The fraction of sp³-hybridized carbons (Fsp3) is 0.167. The molecule has 2 aromatic carbocycles. The predicted octanol–water partition coefficient (Wildman–Crippen LogP) is 3.86. The molecular formula is C18H18FNO3. The van der Waals surface area contributed by atoms with Crippen molar-refractivity contribution in [3.05, 3.63) is 71.6 Å². The minimum Gasteiger partial charge on any atom is -0.507 e. The number of phenols is 1. The third kappa shape index (κ3) is 5.82. The number of alkyl carbamates (subject to hydrolysis) is 1. The Bertz CT molecular complexity index is 671. The van der Waals surface area contributed by atoms with E-state index < -0.39 is 11.9 Å². The quantitative estimate of drug-likeness (QED) is 0.796. The normalized spacial score (nSPS) is 10.7. The molecule has 0 spiro atoms. The molecule has 0 aliphatic heterocycles. The SMILES string of the molecule is O=C(NCCC=Cc1ccc(F)cc1O)OCc1ccccc1. The maximum Gasteiger partial charge on any atom is 0.407 e. The summed E-state index contributed by atoms with van der Waals surface area (Å²) in [6.45, 7) is 0.637. The van der Waals surface area contributed by atoms with Crippen molar-refractivity contribution in [1.29, 1.82) is 0 Å². The van der Waals surface area contributed by atoms with E-state index in [1.807, 2.05) is 30.3 Å². The van der Waals surface area contributed by atoms with Gasteiger partial charge in [0.25, 0.3) is 0 Å². The van der Waals surface area contributed by atoms with Gasteiger partial charge >= 0.3 is 6.09 Å². The number of halogens is 1. The van der Waals surface area contributed by atoms with Gasteiger partial charge in [0.05, 0.1) is 0 Å². The molecule has 0 unspecified atom stereocenters. The van der Waals surface area contributed by atoms with Gasteiger partial charge in [-0.05, 0) is 24.1 Å². The molecule has 0 aromatic heterocycles. The van der Waals surface area contributed by atoms with E-state index in [4.69, 9.17) is 4.74 Å². The van der Waals surface area contributed by atoms with Crippen LogP contribution < -0.4 is 5.32 Å². The van der Waals surface area contributed by atoms with Gasteiger partial charge in [0.2, 0.25) is 0 Å². The molecule has 0 fully saturated rings. The van der Waals surface area contributed by atoms with Crippen molar-refractivity contribution in [3.63, 3.8) is 0 Å². The highest BCUT2D eigenvalue weighted by molar-refractivity contribution is 5.67. The zero-order valence-electron chi connectivity index (χ0n) is 12.5. The average Bonchev–Trinajstić information content (AvgIpc) is 2.55. The number of ether oxygens (including phenoxy) is 1. The first kappa shape index (κ1) is 16.5. The summed E-state index contributed by atoms with van der Waals surface area (Å²) in [6, 6.07) is 13.2. The van der Waals surface area contributed by atoms with Gasteiger partial charge in [0, 0.05) is 18.2 Å². The van der Waals surface area contributed by atoms with Crippen LogP contribution in [0, 0.1) is 5.82 Å². The number of hydrogen-bond acceptors (Lipinski definition) is 3. The van der Waals surface area contributed by atoms with Crippen LogP contribution in [0.1, 0.15) is 17.5 Å². The molecule has 0 bridgehead atoms. The second kappa shape index (κ2) is 8.58. The average molecular weight is 315 g/mol. The van der Waals surface area contributed by atoms with Gasteiger partial charge in [-0.25, -0.2) is 9.18 Å². The number of benzene rings is 2. The Kier molecular flexibility index (Phi) is 6.17. The van der Waals surface area contributed by atoms with Gasteiger partial charge in [-0.1, -0.05) is 42.5 Å². The van der Waals surface area contributed by atoms with E-state index in [2.05, 4.69) is 5.32 Å². The molecule has 0 heterocycles. The smallest absolute Gasteiger partial charge is 0.407 e. The fourth-order valence-electron chi connectivity index (χ4n) is 1.90. The van der Waals surface area contributed by atoms with E-state index in [0.717, 1.165) is 11.6 Å². The Morgan fingerprint density at radius 2 is 2.00 bits per heavy atom. The summed E-state index contributed by atoms with van der Waals surface area (Å²) in [7, 11) is 0. The molecule has 5 heteroatoms. The Labute approximate surface area is 134 Å². The minimum absolute atomic E-state index is 0.114. The third-order valence-corrected chi connectivity index (χ3v) is 3.08. The van der Waals surface area contributed by atoms with E-state index in [0.29, 0.717) is 18.5 Å². The first-order chi connectivity index (χ1) is 11.1. The largest absolute Gasteiger partial charge is 0.507 e. The first-order valence-electron chi connectivity index (χ1n) is 7.25. The molecule has 0 aliphatic carbocycles. The lowest BCUT2D eigenvalue weighted by atomic mass is 10.1. The zero-order chi connectivity index (χ0) is 16.5. The van der Waals surface area contributed by atoms with Gasteiger partial charge in [0.1, 0.15) is 18.2 Å². The van der Waals surface area contributed by atoms with Crippen molar-refractivity contribution in [1.82, 2.24) is 5.32 Å². The second-order valence-electron chi connectivity index (χ2n) is 4.88. The van der Waals surface area contributed by atoms with E-state index in [1.165, 1.54) is 12.1 Å². The van der Waals surface area contributed by atoms with Gasteiger partial charge < -0.3 is 15.2 Å². The lowest BCUT2D eigenvalue weighted by Gasteiger charge is -2.06. The third-order valence-electron chi connectivity index (χ3n) is 3.08. The van der Waals surface area contributed by atoms with Crippen molar-refractivity contribution < 1.29 is 19.0 Å². The number of amides is 1. The summed E-state index contributed by atoms with van der Waals surface area (Å²) < 4.78 is 17.9. The molecule has 23 heavy (non-hydrogen) atoms. The monoisotopic (exact) mass is 315 g/mol. The number of aromatic hydroxyl groups is 1. The van der Waals surface area contributed by atoms with Crippen LogP contribution in [-0.4, -0.2) is 17.7 Å². The Morgan fingerprint density at radius 3 is 2.74 bits per heavy atom. The first-order valence-corrected chi connectivity index (χ1v) is 7.25. The molecule has 1 amide bonds. The van der Waals surface area contributed by atoms with Crippen LogP contribution in [0.3, 0.4) is 0 Å². The molecule has 0 saturated heterocycles. The second-order valence-corrected chi connectivity index (χ2v) is 4.88. The number of carbonyl (C=O) groups excluding carboxylic acids is 1. The number of nitrogens with one attached hydrogen (secondary N) is 1. The number of phenolic OH excluding ortho intramolecular Hbond substituents is 1. The van der Waals surface area contributed by atoms with Crippen LogP contribution in [0.25, 0.3) is 6.08 Å². The molecule has 2 rings (SSSR count). The Balaban J connectivity index is 1.66. The summed E-state index contributed by atoms with van der Waals surface area (Å²) in [5, 5.41) is 12.2. The molecule has 0 aliphatic rings. The molecule has 0 atom stereocenters. The standard InChI is InChI=1S/C18H18FNO3/c19-16-10-9-15(17(21)12-16)8-4-5-11-20-18(22)23-13-14-6-2-1-3-7-14/h1-4,6-10,12,21H,5,11,13H2,(H,20,22). The van der Waals surface area contributed by atoms with E-state index in [9.17, 15) is 14.3 Å². The molecular weight excluding hydrogens is 297 g/mol. The van der Waals surface area contributed by atoms with E-state index >= 15 is 0 Å². The molecule has 120 valence electrons. The van der Waals surface area contributed by atoms with E-state index in [-0.39, 0.29) is 12.4 Å². The molecule has 0 saturated carbocycles. The Morgan fingerprint density at radius 1 is 1.22 bits per heavy atom.